The summed E-state index contributed by atoms with van der Waals surface area (Å²) in [6.45, 7) is 1.64. The number of carboxylic acid groups (broad SMARTS) is 4. The zero-order chi connectivity index (χ0) is 27.2. The summed E-state index contributed by atoms with van der Waals surface area (Å²) in [6, 6.07) is 0. The number of fused-ring (bicyclic) bond motifs is 2. The van der Waals surface area contributed by atoms with Gasteiger partial charge >= 0.3 is 61.6 Å². The molecule has 0 heterocycles. The molecular weight excluding hydrogens is 532 g/mol. The number of hydrogen-bond donors (Lipinski definition) is 5. The number of nitrogens with zero attached hydrogens (tertiary/aromatic N) is 2. The van der Waals surface area contributed by atoms with Crippen LogP contribution in [0.1, 0.15) is 36.0 Å². The monoisotopic (exact) mass is 566 g/mol. The minimum absolute atomic E-state index is 0. The molecule has 2 aliphatic carbocycles. The number of aliphatic carboxylic acids is 4. The first kappa shape index (κ1) is 34.6. The van der Waals surface area contributed by atoms with Gasteiger partial charge in [0.2, 0.25) is 0 Å². The van der Waals surface area contributed by atoms with Crippen LogP contribution in [0.25, 0.3) is 0 Å². The van der Waals surface area contributed by atoms with Crippen LogP contribution in [0.4, 0.5) is 0 Å². The first-order valence-electron chi connectivity index (χ1n) is 10.7. The molecule has 0 aromatic heterocycles. The van der Waals surface area contributed by atoms with E-state index < -0.39 is 71.3 Å². The van der Waals surface area contributed by atoms with Crippen LogP contribution in [-0.4, -0.2) is 156 Å². The fraction of sp³-hybridized carbons (Fsp3) is 0.750. The predicted molar refractivity (Wildman–Crippen MR) is 126 cm³/mol. The maximum absolute atomic E-state index is 11.9. The molecule has 0 spiro atoms. The summed E-state index contributed by atoms with van der Waals surface area (Å²) in [5.41, 5.74) is -1.12. The van der Waals surface area contributed by atoms with E-state index in [1.807, 2.05) is 13.8 Å². The van der Waals surface area contributed by atoms with Gasteiger partial charge in [-0.2, -0.15) is 8.42 Å². The van der Waals surface area contributed by atoms with Crippen molar-refractivity contribution in [3.63, 3.8) is 0 Å². The molecule has 2 unspecified atom stereocenters. The normalized spacial score (nSPS) is 22.0. The van der Waals surface area contributed by atoms with Gasteiger partial charge in [-0.15, -0.1) is 0 Å². The molecule has 14 nitrogen and oxygen atoms in total. The van der Waals surface area contributed by atoms with E-state index in [2.05, 4.69) is 0 Å². The van der Waals surface area contributed by atoms with Gasteiger partial charge in [0.1, 0.15) is 5.78 Å². The van der Waals surface area contributed by atoms with E-state index >= 15 is 0 Å². The van der Waals surface area contributed by atoms with Gasteiger partial charge in [-0.1, -0.05) is 13.8 Å². The maximum atomic E-state index is 11.9. The second kappa shape index (κ2) is 14.0. The van der Waals surface area contributed by atoms with Gasteiger partial charge in [-0.05, 0) is 24.2 Å². The van der Waals surface area contributed by atoms with E-state index in [0.717, 1.165) is 16.2 Å². The summed E-state index contributed by atoms with van der Waals surface area (Å²) in [5.74, 6) is -5.01. The van der Waals surface area contributed by atoms with E-state index in [4.69, 9.17) is 25.0 Å². The fourth-order valence-electron chi connectivity index (χ4n) is 4.90. The van der Waals surface area contributed by atoms with Crippen molar-refractivity contribution in [2.75, 3.05) is 45.0 Å². The third kappa shape index (κ3) is 10.2. The van der Waals surface area contributed by atoms with Crippen LogP contribution in [0.15, 0.2) is 0 Å². The van der Waals surface area contributed by atoms with Gasteiger partial charge in [0, 0.05) is 19.5 Å². The van der Waals surface area contributed by atoms with E-state index in [1.54, 1.807) is 0 Å². The molecule has 2 fully saturated rings. The van der Waals surface area contributed by atoms with Gasteiger partial charge in [0.25, 0.3) is 10.1 Å². The molecule has 2 bridgehead atoms. The first-order valence-corrected chi connectivity index (χ1v) is 12.3. The molecule has 16 heteroatoms. The van der Waals surface area contributed by atoms with Gasteiger partial charge in [0.15, 0.2) is 0 Å². The topological polar surface area (TPSA) is 227 Å². The Morgan fingerprint density at radius 3 is 1.47 bits per heavy atom. The van der Waals surface area contributed by atoms with Gasteiger partial charge < -0.3 is 23.3 Å². The number of Topliss-reactive ketones (excluding diaryl/α,β-unsaturated/α-hetero) is 1. The second-order valence-corrected chi connectivity index (χ2v) is 10.8. The summed E-state index contributed by atoms with van der Waals surface area (Å²) in [7, 11) is -4.08. The molecule has 2 saturated carbocycles. The van der Waals surface area contributed by atoms with Crippen LogP contribution in [0.3, 0.4) is 0 Å². The number of hydrogen-bond acceptors (Lipinski definition) is 9. The Morgan fingerprint density at radius 1 is 0.889 bits per heavy atom. The Morgan fingerprint density at radius 2 is 1.25 bits per heavy atom. The molecule has 2 rings (SSSR count). The summed E-state index contributed by atoms with van der Waals surface area (Å²) in [5, 5.41) is 34.5. The van der Waals surface area contributed by atoms with Crippen LogP contribution >= 0.6 is 0 Å². The van der Waals surface area contributed by atoms with Crippen molar-refractivity contribution >= 4 is 77.5 Å². The zero-order valence-corrected chi connectivity index (χ0v) is 23.3. The van der Waals surface area contributed by atoms with Crippen molar-refractivity contribution in [1.29, 1.82) is 0 Å². The Bertz CT molecular complexity index is 898. The van der Waals surface area contributed by atoms with Crippen molar-refractivity contribution in [3.05, 3.63) is 0 Å². The number of ketones is 1. The van der Waals surface area contributed by atoms with Crippen molar-refractivity contribution in [1.82, 2.24) is 9.80 Å². The zero-order valence-electron chi connectivity index (χ0n) is 22.3. The molecule has 2 atom stereocenters. The minimum Gasteiger partial charge on any atom is -1.00 e. The molecule has 0 aromatic carbocycles. The predicted octanol–water partition coefficient (Wildman–Crippen LogP) is -0.957. The van der Waals surface area contributed by atoms with Crippen molar-refractivity contribution in [3.8, 4) is 0 Å². The van der Waals surface area contributed by atoms with Gasteiger partial charge in [-0.3, -0.25) is 38.3 Å². The van der Waals surface area contributed by atoms with Crippen molar-refractivity contribution < 1.29 is 60.2 Å². The molecule has 0 radical (unpaired) electrons. The molecule has 0 aromatic rings. The van der Waals surface area contributed by atoms with Crippen molar-refractivity contribution in [2.45, 2.75) is 33.1 Å². The molecule has 204 valence electrons. The van der Waals surface area contributed by atoms with E-state index in [0.29, 0.717) is 12.8 Å². The number of carbonyl (C=O) groups is 5. The number of rotatable bonds is 13. The quantitative estimate of drug-likeness (QED) is 0.134. The summed E-state index contributed by atoms with van der Waals surface area (Å²) < 4.78 is 31.0. The summed E-state index contributed by atoms with van der Waals surface area (Å²) >= 11 is 0. The number of carbonyl (C=O) groups excluding carboxylic acids is 1. The summed E-state index contributed by atoms with van der Waals surface area (Å²) in [6.07, 6.45) is 1.97. The molecule has 36 heavy (non-hydrogen) atoms. The molecular formula is C20H34CaN2O12S. The Labute approximate surface area is 241 Å². The van der Waals surface area contributed by atoms with Crippen LogP contribution < -0.4 is 0 Å². The SMILES string of the molecule is CC1(C)C2CCC1(CS(=O)(=O)O)C(=O)C2.O=C(O)CN(CCN(CC(=O)O)CC(=O)O)CC(=O)O.[Ca+2].[H-].[H-]. The fourth-order valence-corrected chi connectivity index (χ4v) is 6.20. The molecule has 2 aliphatic rings. The molecule has 5 N–H and O–H groups in total. The minimum atomic E-state index is -4.08. The first-order chi connectivity index (χ1) is 15.9. The van der Waals surface area contributed by atoms with E-state index in [1.165, 1.54) is 0 Å². The third-order valence-electron chi connectivity index (χ3n) is 6.74. The average Bonchev–Trinajstić information content (AvgIpc) is 2.97. The van der Waals surface area contributed by atoms with Crippen LogP contribution in [0.2, 0.25) is 0 Å². The maximum Gasteiger partial charge on any atom is 2.00 e. The Balaban J connectivity index is -0.000000613. The Hall–Kier alpha value is -1.36. The summed E-state index contributed by atoms with van der Waals surface area (Å²) in [4.78, 5) is 56.2. The van der Waals surface area contributed by atoms with Crippen LogP contribution in [-0.2, 0) is 34.1 Å². The smallest absolute Gasteiger partial charge is 1.00 e. The van der Waals surface area contributed by atoms with Crippen LogP contribution in [0, 0.1) is 16.7 Å². The molecule has 0 aliphatic heterocycles. The molecule has 0 saturated heterocycles. The van der Waals surface area contributed by atoms with Crippen LogP contribution in [0.5, 0.6) is 0 Å². The van der Waals surface area contributed by atoms with Crippen molar-refractivity contribution in [2.24, 2.45) is 16.7 Å². The Kier molecular flexibility index (Phi) is 13.4. The number of carboxylic acids is 4. The van der Waals surface area contributed by atoms with Gasteiger partial charge in [-0.25, -0.2) is 0 Å². The molecule has 0 amide bonds. The average molecular weight is 567 g/mol. The van der Waals surface area contributed by atoms with Gasteiger partial charge in [0.05, 0.1) is 37.3 Å². The third-order valence-corrected chi connectivity index (χ3v) is 7.59. The standard InChI is InChI=1S/C10H16N2O8.C10H16O4S.Ca.2H/c13-7(14)3-11(4-8(15)16)1-2-12(5-9(17)18)6-10(19)20;1-9(2)7-3-4-10(9,8(11)5-7)6-15(12,13)14;;;/h1-6H2,(H,13,14)(H,15,16)(H,17,18)(H,19,20);7H,3-6H2,1-2H3,(H,12,13,14);;;/q;;+2;2*-1. The van der Waals surface area contributed by atoms with E-state index in [-0.39, 0.29) is 70.8 Å². The largest absolute Gasteiger partial charge is 2.00 e. The van der Waals surface area contributed by atoms with E-state index in [9.17, 15) is 32.4 Å². The second-order valence-electron chi connectivity index (χ2n) is 9.39.